The van der Waals surface area contributed by atoms with Gasteiger partial charge in [-0.2, -0.15) is 0 Å². The zero-order chi connectivity index (χ0) is 21.5. The second-order valence-corrected chi connectivity index (χ2v) is 8.00. The minimum Gasteiger partial charge on any atom is -0.481 e. The molecule has 1 fully saturated rings. The molecule has 0 saturated carbocycles. The van der Waals surface area contributed by atoms with Crippen LogP contribution < -0.4 is 15.4 Å². The predicted molar refractivity (Wildman–Crippen MR) is 120 cm³/mol. The highest BCUT2D eigenvalue weighted by atomic mass is 35.5. The molecule has 3 rings (SSSR count). The summed E-state index contributed by atoms with van der Waals surface area (Å²) in [7, 11) is 0. The number of ether oxygens (including phenoxy) is 1. The normalized spacial score (nSPS) is 15.1. The van der Waals surface area contributed by atoms with Crippen molar-refractivity contribution < 1.29 is 14.3 Å². The smallest absolute Gasteiger partial charge is 0.321 e. The zero-order valence-corrected chi connectivity index (χ0v) is 18.2. The summed E-state index contributed by atoms with van der Waals surface area (Å²) in [5.74, 6) is 0.360. The van der Waals surface area contributed by atoms with E-state index in [1.807, 2.05) is 11.8 Å². The lowest BCUT2D eigenvalue weighted by molar-refractivity contribution is -0.122. The van der Waals surface area contributed by atoms with Crippen LogP contribution in [0, 0.1) is 6.92 Å². The first kappa shape index (κ1) is 22.0. The lowest BCUT2D eigenvalue weighted by Gasteiger charge is -2.21. The average Bonchev–Trinajstić information content (AvgIpc) is 3.01. The molecule has 1 atom stereocenters. The van der Waals surface area contributed by atoms with Crippen LogP contribution in [0.4, 0.5) is 16.2 Å². The molecule has 1 saturated heterocycles. The van der Waals surface area contributed by atoms with Gasteiger partial charge >= 0.3 is 6.03 Å². The number of hydrogen-bond acceptors (Lipinski definition) is 3. The third-order valence-corrected chi connectivity index (χ3v) is 5.34. The number of nitrogens with zero attached hydrogens (tertiary/aromatic N) is 1. The molecule has 0 aliphatic carbocycles. The van der Waals surface area contributed by atoms with Crippen molar-refractivity contribution in [3.05, 3.63) is 53.1 Å². The lowest BCUT2D eigenvalue weighted by Crippen LogP contribution is -2.35. The van der Waals surface area contributed by atoms with Gasteiger partial charge in [0.05, 0.1) is 0 Å². The van der Waals surface area contributed by atoms with Gasteiger partial charge in [0, 0.05) is 29.5 Å². The van der Waals surface area contributed by atoms with Crippen LogP contribution >= 0.6 is 11.6 Å². The number of likely N-dealkylation sites (tertiary alicyclic amines) is 1. The monoisotopic (exact) mass is 429 g/mol. The molecule has 1 aliphatic rings. The second kappa shape index (κ2) is 10.3. The number of nitrogens with one attached hydrogen (secondary N) is 2. The van der Waals surface area contributed by atoms with E-state index in [9.17, 15) is 9.59 Å². The molecule has 0 radical (unpaired) electrons. The van der Waals surface area contributed by atoms with Crippen molar-refractivity contribution in [2.75, 3.05) is 23.7 Å². The fraction of sp³-hybridized carbons (Fsp3) is 0.391. The van der Waals surface area contributed by atoms with Crippen LogP contribution in [-0.4, -0.2) is 36.0 Å². The first-order chi connectivity index (χ1) is 14.4. The zero-order valence-electron chi connectivity index (χ0n) is 17.4. The van der Waals surface area contributed by atoms with Crippen molar-refractivity contribution in [2.45, 2.75) is 45.6 Å². The molecule has 1 aliphatic heterocycles. The van der Waals surface area contributed by atoms with Gasteiger partial charge in [0.2, 0.25) is 0 Å². The molecular formula is C23H28ClN3O3. The van der Waals surface area contributed by atoms with Gasteiger partial charge in [-0.15, -0.1) is 0 Å². The van der Waals surface area contributed by atoms with E-state index in [0.29, 0.717) is 22.1 Å². The van der Waals surface area contributed by atoms with E-state index in [1.54, 1.807) is 49.4 Å². The molecule has 0 aromatic heterocycles. The summed E-state index contributed by atoms with van der Waals surface area (Å²) < 4.78 is 5.75. The largest absolute Gasteiger partial charge is 0.481 e. The van der Waals surface area contributed by atoms with E-state index >= 15 is 0 Å². The van der Waals surface area contributed by atoms with Gasteiger partial charge in [0.1, 0.15) is 5.75 Å². The Kier molecular flexibility index (Phi) is 7.57. The summed E-state index contributed by atoms with van der Waals surface area (Å²) in [6.07, 6.45) is 3.78. The van der Waals surface area contributed by atoms with Crippen molar-refractivity contribution in [3.8, 4) is 5.75 Å². The molecule has 3 amide bonds. The molecule has 1 heterocycles. The molecule has 1 unspecified atom stereocenters. The Morgan fingerprint density at radius 1 is 0.967 bits per heavy atom. The Hall–Kier alpha value is -2.73. The fourth-order valence-corrected chi connectivity index (χ4v) is 3.57. The maximum Gasteiger partial charge on any atom is 0.321 e. The third-order valence-electron chi connectivity index (χ3n) is 5.11. The molecule has 2 aromatic rings. The maximum absolute atomic E-state index is 12.5. The minimum absolute atomic E-state index is 0.0750. The first-order valence-electron chi connectivity index (χ1n) is 10.3. The SMILES string of the molecule is Cc1cc(Cl)ccc1OC(C)C(=O)Nc1ccc(NC(=O)N2CCCCCC2)cc1. The Balaban J connectivity index is 1.52. The average molecular weight is 430 g/mol. The Labute approximate surface area is 182 Å². The van der Waals surface area contributed by atoms with Gasteiger partial charge in [-0.05, 0) is 74.7 Å². The van der Waals surface area contributed by atoms with Gasteiger partial charge in [-0.25, -0.2) is 4.79 Å². The molecule has 6 nitrogen and oxygen atoms in total. The number of aryl methyl sites for hydroxylation is 1. The van der Waals surface area contributed by atoms with Crippen molar-refractivity contribution >= 4 is 34.9 Å². The minimum atomic E-state index is -0.674. The Morgan fingerprint density at radius 2 is 1.57 bits per heavy atom. The summed E-state index contributed by atoms with van der Waals surface area (Å²) in [4.78, 5) is 26.7. The summed E-state index contributed by atoms with van der Waals surface area (Å²) in [5.41, 5.74) is 2.20. The second-order valence-electron chi connectivity index (χ2n) is 7.57. The van der Waals surface area contributed by atoms with E-state index in [0.717, 1.165) is 31.5 Å². The van der Waals surface area contributed by atoms with E-state index in [-0.39, 0.29) is 11.9 Å². The molecule has 0 spiro atoms. The van der Waals surface area contributed by atoms with Crippen LogP contribution in [0.15, 0.2) is 42.5 Å². The van der Waals surface area contributed by atoms with Crippen LogP contribution in [-0.2, 0) is 4.79 Å². The lowest BCUT2D eigenvalue weighted by atomic mass is 10.2. The van der Waals surface area contributed by atoms with Crippen molar-refractivity contribution in [2.24, 2.45) is 0 Å². The van der Waals surface area contributed by atoms with Crippen LogP contribution in [0.1, 0.15) is 38.2 Å². The predicted octanol–water partition coefficient (Wildman–Crippen LogP) is 5.46. The third kappa shape index (κ3) is 6.13. The number of benzene rings is 2. The highest BCUT2D eigenvalue weighted by Crippen LogP contribution is 2.23. The van der Waals surface area contributed by atoms with E-state index < -0.39 is 6.10 Å². The number of urea groups is 1. The van der Waals surface area contributed by atoms with E-state index in [4.69, 9.17) is 16.3 Å². The van der Waals surface area contributed by atoms with Gasteiger partial charge in [-0.3, -0.25) is 4.79 Å². The molecule has 0 bridgehead atoms. The number of rotatable bonds is 5. The molecule has 160 valence electrons. The van der Waals surface area contributed by atoms with Gasteiger partial charge < -0.3 is 20.3 Å². The summed E-state index contributed by atoms with van der Waals surface area (Å²) in [6, 6.07) is 12.3. The number of hydrogen-bond donors (Lipinski definition) is 2. The summed E-state index contributed by atoms with van der Waals surface area (Å²) in [6.45, 7) is 5.17. The van der Waals surface area contributed by atoms with Crippen LogP contribution in [0.3, 0.4) is 0 Å². The number of carbonyl (C=O) groups is 2. The van der Waals surface area contributed by atoms with Crippen LogP contribution in [0.25, 0.3) is 0 Å². The summed E-state index contributed by atoms with van der Waals surface area (Å²) >= 11 is 5.96. The highest BCUT2D eigenvalue weighted by Gasteiger charge is 2.17. The standard InChI is InChI=1S/C23H28ClN3O3/c1-16-15-18(24)7-12-21(16)30-17(2)22(28)25-19-8-10-20(11-9-19)26-23(29)27-13-5-3-4-6-14-27/h7-12,15,17H,3-6,13-14H2,1-2H3,(H,25,28)(H,26,29). The Morgan fingerprint density at radius 3 is 2.17 bits per heavy atom. The van der Waals surface area contributed by atoms with Crippen molar-refractivity contribution in [3.63, 3.8) is 0 Å². The fourth-order valence-electron chi connectivity index (χ4n) is 3.35. The first-order valence-corrected chi connectivity index (χ1v) is 10.7. The van der Waals surface area contributed by atoms with Gasteiger partial charge in [0.25, 0.3) is 5.91 Å². The summed E-state index contributed by atoms with van der Waals surface area (Å²) in [5, 5.41) is 6.38. The molecular weight excluding hydrogens is 402 g/mol. The molecule has 7 heteroatoms. The highest BCUT2D eigenvalue weighted by molar-refractivity contribution is 6.30. The van der Waals surface area contributed by atoms with Crippen LogP contribution in [0.2, 0.25) is 5.02 Å². The number of anilines is 2. The maximum atomic E-state index is 12.5. The van der Waals surface area contributed by atoms with Crippen LogP contribution in [0.5, 0.6) is 5.75 Å². The molecule has 2 aromatic carbocycles. The molecule has 30 heavy (non-hydrogen) atoms. The van der Waals surface area contributed by atoms with Gasteiger partial charge in [0.15, 0.2) is 6.10 Å². The quantitative estimate of drug-likeness (QED) is 0.662. The molecule has 2 N–H and O–H groups in total. The number of carbonyl (C=O) groups excluding carboxylic acids is 2. The number of amides is 3. The number of halogens is 1. The van der Waals surface area contributed by atoms with E-state index in [2.05, 4.69) is 10.6 Å². The van der Waals surface area contributed by atoms with Gasteiger partial charge in [-0.1, -0.05) is 24.4 Å². The van der Waals surface area contributed by atoms with E-state index in [1.165, 1.54) is 12.8 Å². The van der Waals surface area contributed by atoms with Crippen molar-refractivity contribution in [1.82, 2.24) is 4.90 Å². The van der Waals surface area contributed by atoms with Crippen molar-refractivity contribution in [1.29, 1.82) is 0 Å². The Bertz CT molecular complexity index is 878. The topological polar surface area (TPSA) is 70.7 Å².